The second-order valence-corrected chi connectivity index (χ2v) is 9.26. The summed E-state index contributed by atoms with van der Waals surface area (Å²) in [5, 5.41) is 18.5. The van der Waals surface area contributed by atoms with Crippen molar-refractivity contribution in [2.24, 2.45) is 17.4 Å². The number of hydrogen-bond donors (Lipinski definition) is 7. The summed E-state index contributed by atoms with van der Waals surface area (Å²) in [6.07, 6.45) is 3.70. The summed E-state index contributed by atoms with van der Waals surface area (Å²) in [5.74, 6) is -2.77. The molecule has 0 saturated heterocycles. The van der Waals surface area contributed by atoms with Crippen molar-refractivity contribution in [1.29, 1.82) is 0 Å². The number of carbonyl (C=O) groups excluding carboxylic acids is 3. The van der Waals surface area contributed by atoms with Gasteiger partial charge < -0.3 is 37.5 Å². The Morgan fingerprint density at radius 1 is 0.944 bits per heavy atom. The molecule has 3 amide bonds. The average Bonchev–Trinajstić information content (AvgIpc) is 3.24. The van der Waals surface area contributed by atoms with Crippen LogP contribution in [0, 0.1) is 5.92 Å². The van der Waals surface area contributed by atoms with Gasteiger partial charge in [0.2, 0.25) is 17.7 Å². The van der Waals surface area contributed by atoms with Crippen molar-refractivity contribution in [2.45, 2.75) is 64.1 Å². The minimum absolute atomic E-state index is 0.0345. The van der Waals surface area contributed by atoms with Gasteiger partial charge in [-0.3, -0.25) is 14.4 Å². The molecule has 3 unspecified atom stereocenters. The molecule has 3 atom stereocenters. The van der Waals surface area contributed by atoms with Crippen LogP contribution >= 0.6 is 0 Å². The van der Waals surface area contributed by atoms with Crippen LogP contribution in [0.3, 0.4) is 0 Å². The lowest BCUT2D eigenvalue weighted by atomic mass is 10.00. The molecule has 1 heterocycles. The lowest BCUT2D eigenvalue weighted by Crippen LogP contribution is -2.56. The van der Waals surface area contributed by atoms with E-state index in [2.05, 4.69) is 20.9 Å². The molecule has 0 aliphatic heterocycles. The zero-order valence-electron chi connectivity index (χ0n) is 20.9. The maximum atomic E-state index is 13.2. The van der Waals surface area contributed by atoms with Crippen molar-refractivity contribution in [3.05, 3.63) is 36.0 Å². The van der Waals surface area contributed by atoms with E-state index >= 15 is 0 Å². The van der Waals surface area contributed by atoms with Crippen LogP contribution in [0.5, 0.6) is 0 Å². The van der Waals surface area contributed by atoms with E-state index in [0.29, 0.717) is 25.8 Å². The first-order chi connectivity index (χ1) is 17.2. The third kappa shape index (κ3) is 8.65. The zero-order chi connectivity index (χ0) is 26.7. The Hall–Kier alpha value is -3.44. The van der Waals surface area contributed by atoms with Crippen molar-refractivity contribution in [2.75, 3.05) is 13.1 Å². The van der Waals surface area contributed by atoms with Crippen LogP contribution in [-0.2, 0) is 25.6 Å². The fourth-order valence-corrected chi connectivity index (χ4v) is 3.98. The van der Waals surface area contributed by atoms with E-state index in [1.54, 1.807) is 6.20 Å². The fraction of sp³-hybridized carbons (Fsp3) is 0.520. The van der Waals surface area contributed by atoms with Gasteiger partial charge in [-0.25, -0.2) is 4.79 Å². The zero-order valence-corrected chi connectivity index (χ0v) is 20.9. The maximum Gasteiger partial charge on any atom is 0.326 e. The third-order valence-corrected chi connectivity index (χ3v) is 5.84. The number of aromatic nitrogens is 1. The van der Waals surface area contributed by atoms with Gasteiger partial charge in [-0.15, -0.1) is 0 Å². The minimum atomic E-state index is -1.19. The Labute approximate surface area is 210 Å². The van der Waals surface area contributed by atoms with E-state index < -0.39 is 41.8 Å². The van der Waals surface area contributed by atoms with E-state index in [4.69, 9.17) is 11.5 Å². The molecule has 0 aliphatic carbocycles. The quantitative estimate of drug-likeness (QED) is 0.171. The number of aliphatic carboxylic acids is 1. The number of benzene rings is 1. The molecule has 0 spiro atoms. The second kappa shape index (κ2) is 14.2. The smallest absolute Gasteiger partial charge is 0.326 e. The highest BCUT2D eigenvalue weighted by molar-refractivity contribution is 5.94. The Bertz CT molecular complexity index is 1040. The minimum Gasteiger partial charge on any atom is -0.480 e. The first-order valence-electron chi connectivity index (χ1n) is 12.2. The first-order valence-corrected chi connectivity index (χ1v) is 12.2. The number of amides is 3. The molecule has 9 N–H and O–H groups in total. The largest absolute Gasteiger partial charge is 0.480 e. The van der Waals surface area contributed by atoms with Gasteiger partial charge in [-0.1, -0.05) is 32.0 Å². The summed E-state index contributed by atoms with van der Waals surface area (Å²) >= 11 is 0. The van der Waals surface area contributed by atoms with Gasteiger partial charge in [0.15, 0.2) is 0 Å². The number of carbonyl (C=O) groups is 4. The van der Waals surface area contributed by atoms with Gasteiger partial charge in [0.05, 0.1) is 6.54 Å². The predicted octanol–water partition coefficient (Wildman–Crippen LogP) is 0.383. The molecule has 2 aromatic rings. The normalized spacial score (nSPS) is 13.7. The SMILES string of the molecule is CC(C)CC(NC(=O)C(CCCCN)NC(=O)CN)C(=O)NC(Cc1c[nH]c2ccccc12)C(=O)O. The van der Waals surface area contributed by atoms with E-state index in [9.17, 15) is 24.3 Å². The molecular weight excluding hydrogens is 464 g/mol. The first kappa shape index (κ1) is 28.8. The summed E-state index contributed by atoms with van der Waals surface area (Å²) in [7, 11) is 0. The van der Waals surface area contributed by atoms with Gasteiger partial charge in [-0.05, 0) is 49.8 Å². The number of fused-ring (bicyclic) bond motifs is 1. The fourth-order valence-electron chi connectivity index (χ4n) is 3.98. The molecule has 0 fully saturated rings. The summed E-state index contributed by atoms with van der Waals surface area (Å²) < 4.78 is 0. The number of nitrogens with two attached hydrogens (primary N) is 2. The molecule has 0 saturated carbocycles. The summed E-state index contributed by atoms with van der Waals surface area (Å²) in [5.41, 5.74) is 12.5. The summed E-state index contributed by atoms with van der Waals surface area (Å²) in [6, 6.07) is 4.44. The highest BCUT2D eigenvalue weighted by Crippen LogP contribution is 2.19. The summed E-state index contributed by atoms with van der Waals surface area (Å²) in [6.45, 7) is 3.96. The molecule has 1 aromatic heterocycles. The molecular formula is C25H38N6O5. The third-order valence-electron chi connectivity index (χ3n) is 5.84. The van der Waals surface area contributed by atoms with Crippen LogP contribution in [-0.4, -0.2) is 65.0 Å². The van der Waals surface area contributed by atoms with Crippen LogP contribution in [0.15, 0.2) is 30.5 Å². The van der Waals surface area contributed by atoms with Crippen molar-refractivity contribution in [1.82, 2.24) is 20.9 Å². The molecule has 36 heavy (non-hydrogen) atoms. The van der Waals surface area contributed by atoms with Crippen LogP contribution in [0.2, 0.25) is 0 Å². The Kier molecular flexibility index (Phi) is 11.4. The van der Waals surface area contributed by atoms with Crippen LogP contribution in [0.25, 0.3) is 10.9 Å². The Balaban J connectivity index is 2.15. The molecule has 11 heteroatoms. The number of aromatic amines is 1. The highest BCUT2D eigenvalue weighted by Gasteiger charge is 2.30. The standard InChI is InChI=1S/C25H38N6O5/c1-15(2)11-20(30-23(33)19(9-5-6-10-26)29-22(32)13-27)24(34)31-21(25(35)36)12-16-14-28-18-8-4-3-7-17(16)18/h3-4,7-8,14-15,19-21,28H,5-6,9-13,26-27H2,1-2H3,(H,29,32)(H,30,33)(H,31,34)(H,35,36). The van der Waals surface area contributed by atoms with Crippen molar-refractivity contribution in [3.8, 4) is 0 Å². The molecule has 2 rings (SSSR count). The van der Waals surface area contributed by atoms with E-state index in [0.717, 1.165) is 16.5 Å². The van der Waals surface area contributed by atoms with Crippen molar-refractivity contribution in [3.63, 3.8) is 0 Å². The van der Waals surface area contributed by atoms with Gasteiger partial charge in [0.1, 0.15) is 18.1 Å². The van der Waals surface area contributed by atoms with Gasteiger partial charge in [0.25, 0.3) is 0 Å². The maximum absolute atomic E-state index is 13.2. The second-order valence-electron chi connectivity index (χ2n) is 9.26. The number of nitrogens with one attached hydrogen (secondary N) is 4. The van der Waals surface area contributed by atoms with Crippen LogP contribution in [0.1, 0.15) is 45.1 Å². The molecule has 198 valence electrons. The Morgan fingerprint density at radius 3 is 2.25 bits per heavy atom. The number of rotatable bonds is 15. The number of hydrogen-bond acceptors (Lipinski definition) is 6. The molecule has 11 nitrogen and oxygen atoms in total. The van der Waals surface area contributed by atoms with E-state index in [-0.39, 0.29) is 25.3 Å². The van der Waals surface area contributed by atoms with E-state index in [1.165, 1.54) is 0 Å². The number of unbranched alkanes of at least 4 members (excludes halogenated alkanes) is 1. The van der Waals surface area contributed by atoms with E-state index in [1.807, 2.05) is 38.1 Å². The predicted molar refractivity (Wildman–Crippen MR) is 137 cm³/mol. The highest BCUT2D eigenvalue weighted by atomic mass is 16.4. The Morgan fingerprint density at radius 2 is 1.61 bits per heavy atom. The lowest BCUT2D eigenvalue weighted by molar-refractivity contribution is -0.142. The number of para-hydroxylation sites is 1. The van der Waals surface area contributed by atoms with Gasteiger partial charge in [-0.2, -0.15) is 0 Å². The van der Waals surface area contributed by atoms with Gasteiger partial charge in [0, 0.05) is 23.5 Å². The number of carboxylic acid groups (broad SMARTS) is 1. The lowest BCUT2D eigenvalue weighted by Gasteiger charge is -2.25. The molecule has 0 radical (unpaired) electrons. The molecule has 0 bridgehead atoms. The van der Waals surface area contributed by atoms with Crippen LogP contribution in [0.4, 0.5) is 0 Å². The monoisotopic (exact) mass is 502 g/mol. The topological polar surface area (TPSA) is 192 Å². The van der Waals surface area contributed by atoms with Crippen molar-refractivity contribution < 1.29 is 24.3 Å². The molecule has 0 aliphatic rings. The average molecular weight is 503 g/mol. The van der Waals surface area contributed by atoms with Crippen molar-refractivity contribution >= 4 is 34.6 Å². The van der Waals surface area contributed by atoms with Crippen LogP contribution < -0.4 is 27.4 Å². The number of carboxylic acids is 1. The number of H-pyrrole nitrogens is 1. The van der Waals surface area contributed by atoms with Gasteiger partial charge >= 0.3 is 5.97 Å². The summed E-state index contributed by atoms with van der Waals surface area (Å²) in [4.78, 5) is 53.1. The molecule has 1 aromatic carbocycles.